The SMILES string of the molecule is Cc1nc2nc(C(C)C)c(-c3cccs3)c(N)n2n1. The molecule has 0 unspecified atom stereocenters. The molecular formula is C13H15N5S. The van der Waals surface area contributed by atoms with Crippen molar-refractivity contribution in [3.05, 3.63) is 29.0 Å². The molecule has 0 atom stereocenters. The van der Waals surface area contributed by atoms with E-state index in [-0.39, 0.29) is 5.92 Å². The third-order valence-electron chi connectivity index (χ3n) is 2.97. The van der Waals surface area contributed by atoms with Crippen LogP contribution in [-0.2, 0) is 0 Å². The quantitative estimate of drug-likeness (QED) is 0.779. The van der Waals surface area contributed by atoms with Gasteiger partial charge in [0.1, 0.15) is 11.6 Å². The van der Waals surface area contributed by atoms with Gasteiger partial charge in [-0.05, 0) is 24.3 Å². The van der Waals surface area contributed by atoms with Gasteiger partial charge in [0.15, 0.2) is 0 Å². The van der Waals surface area contributed by atoms with Crippen molar-refractivity contribution in [1.29, 1.82) is 0 Å². The molecule has 0 amide bonds. The number of aromatic nitrogens is 4. The largest absolute Gasteiger partial charge is 0.383 e. The smallest absolute Gasteiger partial charge is 0.254 e. The summed E-state index contributed by atoms with van der Waals surface area (Å²) in [4.78, 5) is 10.0. The van der Waals surface area contributed by atoms with Crippen LogP contribution in [-0.4, -0.2) is 19.6 Å². The van der Waals surface area contributed by atoms with Gasteiger partial charge in [0.05, 0.1) is 11.3 Å². The zero-order chi connectivity index (χ0) is 13.6. The average Bonchev–Trinajstić information content (AvgIpc) is 2.97. The van der Waals surface area contributed by atoms with Gasteiger partial charge >= 0.3 is 0 Å². The normalized spacial score (nSPS) is 11.6. The minimum absolute atomic E-state index is 0.279. The van der Waals surface area contributed by atoms with Crippen molar-refractivity contribution in [3.63, 3.8) is 0 Å². The van der Waals surface area contributed by atoms with Gasteiger partial charge in [0.2, 0.25) is 0 Å². The predicted octanol–water partition coefficient (Wildman–Crippen LogP) is 2.87. The molecule has 3 aromatic heterocycles. The average molecular weight is 273 g/mol. The fourth-order valence-corrected chi connectivity index (χ4v) is 2.92. The highest BCUT2D eigenvalue weighted by Gasteiger charge is 2.19. The van der Waals surface area contributed by atoms with Gasteiger partial charge in [-0.2, -0.15) is 9.50 Å². The van der Waals surface area contributed by atoms with Gasteiger partial charge in [-0.3, -0.25) is 0 Å². The first-order valence-corrected chi connectivity index (χ1v) is 7.02. The van der Waals surface area contributed by atoms with E-state index in [1.807, 2.05) is 18.4 Å². The maximum atomic E-state index is 6.29. The molecule has 5 nitrogen and oxygen atoms in total. The van der Waals surface area contributed by atoms with Gasteiger partial charge in [-0.25, -0.2) is 4.98 Å². The Balaban J connectivity index is 2.40. The Labute approximate surface area is 115 Å². The third kappa shape index (κ3) is 1.88. The molecule has 0 aliphatic rings. The summed E-state index contributed by atoms with van der Waals surface area (Å²) in [5.41, 5.74) is 8.24. The Morgan fingerprint density at radius 1 is 1.32 bits per heavy atom. The summed E-state index contributed by atoms with van der Waals surface area (Å²) in [6.07, 6.45) is 0. The van der Waals surface area contributed by atoms with Crippen molar-refractivity contribution < 1.29 is 0 Å². The maximum absolute atomic E-state index is 6.29. The summed E-state index contributed by atoms with van der Waals surface area (Å²) in [7, 11) is 0. The molecule has 6 heteroatoms. The van der Waals surface area contributed by atoms with E-state index < -0.39 is 0 Å². The van der Waals surface area contributed by atoms with Crippen LogP contribution in [0.25, 0.3) is 16.2 Å². The van der Waals surface area contributed by atoms with E-state index >= 15 is 0 Å². The van der Waals surface area contributed by atoms with Crippen LogP contribution in [0.15, 0.2) is 17.5 Å². The Bertz CT molecular complexity index is 727. The number of nitrogens with zero attached hydrogens (tertiary/aromatic N) is 4. The topological polar surface area (TPSA) is 69.1 Å². The fraction of sp³-hybridized carbons (Fsp3) is 0.308. The van der Waals surface area contributed by atoms with Gasteiger partial charge in [0, 0.05) is 4.88 Å². The van der Waals surface area contributed by atoms with Crippen molar-refractivity contribution in [3.8, 4) is 10.4 Å². The molecule has 0 saturated carbocycles. The molecule has 0 spiro atoms. The van der Waals surface area contributed by atoms with E-state index in [9.17, 15) is 0 Å². The number of rotatable bonds is 2. The van der Waals surface area contributed by atoms with E-state index in [2.05, 4.69) is 35.0 Å². The number of thiophene rings is 1. The summed E-state index contributed by atoms with van der Waals surface area (Å²) in [6, 6.07) is 4.07. The van der Waals surface area contributed by atoms with Crippen LogP contribution in [0.2, 0.25) is 0 Å². The van der Waals surface area contributed by atoms with Gasteiger partial charge in [0.25, 0.3) is 5.78 Å². The molecule has 3 heterocycles. The molecule has 0 aliphatic carbocycles. The molecule has 3 aromatic rings. The number of aryl methyl sites for hydroxylation is 1. The standard InChI is InChI=1S/C13H15N5S/c1-7(2)11-10(9-5-4-6-19-9)12(14)18-13(16-11)15-8(3)17-18/h4-7H,14H2,1-3H3. The molecule has 19 heavy (non-hydrogen) atoms. The van der Waals surface area contributed by atoms with Crippen molar-refractivity contribution in [2.24, 2.45) is 0 Å². The number of nitrogens with two attached hydrogens (primary N) is 1. The maximum Gasteiger partial charge on any atom is 0.254 e. The second-order valence-corrected chi connectivity index (χ2v) is 5.71. The van der Waals surface area contributed by atoms with E-state index in [0.717, 1.165) is 16.1 Å². The predicted molar refractivity (Wildman–Crippen MR) is 77.3 cm³/mol. The van der Waals surface area contributed by atoms with Crippen molar-refractivity contribution in [2.75, 3.05) is 5.73 Å². The third-order valence-corrected chi connectivity index (χ3v) is 3.86. The van der Waals surface area contributed by atoms with Crippen LogP contribution < -0.4 is 5.73 Å². The summed E-state index contributed by atoms with van der Waals surface area (Å²) in [5, 5.41) is 6.34. The molecule has 98 valence electrons. The lowest BCUT2D eigenvalue weighted by molar-refractivity contribution is 0.813. The highest BCUT2D eigenvalue weighted by atomic mass is 32.1. The lowest BCUT2D eigenvalue weighted by Gasteiger charge is -2.13. The Morgan fingerprint density at radius 3 is 2.74 bits per heavy atom. The van der Waals surface area contributed by atoms with E-state index in [0.29, 0.717) is 17.4 Å². The molecule has 0 radical (unpaired) electrons. The zero-order valence-electron chi connectivity index (χ0n) is 11.1. The van der Waals surface area contributed by atoms with Crippen LogP contribution >= 0.6 is 11.3 Å². The first kappa shape index (κ1) is 12.1. The highest BCUT2D eigenvalue weighted by molar-refractivity contribution is 7.13. The number of fused-ring (bicyclic) bond motifs is 1. The molecular weight excluding hydrogens is 258 g/mol. The Morgan fingerprint density at radius 2 is 2.11 bits per heavy atom. The van der Waals surface area contributed by atoms with Crippen molar-refractivity contribution in [1.82, 2.24) is 19.6 Å². The number of hydrogen-bond acceptors (Lipinski definition) is 5. The zero-order valence-corrected chi connectivity index (χ0v) is 11.9. The first-order chi connectivity index (χ1) is 9.08. The number of nitrogen functional groups attached to an aromatic ring is 1. The molecule has 0 saturated heterocycles. The van der Waals surface area contributed by atoms with Crippen molar-refractivity contribution >= 4 is 22.9 Å². The minimum Gasteiger partial charge on any atom is -0.383 e. The highest BCUT2D eigenvalue weighted by Crippen LogP contribution is 2.35. The monoisotopic (exact) mass is 273 g/mol. The Kier molecular flexibility index (Phi) is 2.74. The number of hydrogen-bond donors (Lipinski definition) is 1. The van der Waals surface area contributed by atoms with E-state index in [1.54, 1.807) is 15.9 Å². The second kappa shape index (κ2) is 4.31. The molecule has 0 bridgehead atoms. The van der Waals surface area contributed by atoms with Crippen LogP contribution in [0.3, 0.4) is 0 Å². The fourth-order valence-electron chi connectivity index (χ4n) is 2.13. The van der Waals surface area contributed by atoms with Crippen LogP contribution in [0.4, 0.5) is 5.82 Å². The van der Waals surface area contributed by atoms with Gasteiger partial charge in [-0.1, -0.05) is 19.9 Å². The Hall–Kier alpha value is -1.95. The summed E-state index contributed by atoms with van der Waals surface area (Å²) in [6.45, 7) is 6.06. The summed E-state index contributed by atoms with van der Waals surface area (Å²) < 4.78 is 1.62. The second-order valence-electron chi connectivity index (χ2n) is 4.76. The lowest BCUT2D eigenvalue weighted by atomic mass is 10.0. The van der Waals surface area contributed by atoms with E-state index in [1.165, 1.54) is 0 Å². The van der Waals surface area contributed by atoms with Gasteiger partial charge < -0.3 is 5.73 Å². The van der Waals surface area contributed by atoms with Crippen LogP contribution in [0, 0.1) is 6.92 Å². The van der Waals surface area contributed by atoms with Crippen LogP contribution in [0.1, 0.15) is 31.3 Å². The minimum atomic E-state index is 0.279. The van der Waals surface area contributed by atoms with Crippen LogP contribution in [0.5, 0.6) is 0 Å². The summed E-state index contributed by atoms with van der Waals surface area (Å²) in [5.74, 6) is 2.13. The molecule has 2 N–H and O–H groups in total. The molecule has 0 aliphatic heterocycles. The molecule has 0 aromatic carbocycles. The number of anilines is 1. The van der Waals surface area contributed by atoms with Crippen molar-refractivity contribution in [2.45, 2.75) is 26.7 Å². The molecule has 3 rings (SSSR count). The lowest BCUT2D eigenvalue weighted by Crippen LogP contribution is -2.08. The van der Waals surface area contributed by atoms with E-state index in [4.69, 9.17) is 5.73 Å². The first-order valence-electron chi connectivity index (χ1n) is 6.14. The molecule has 0 fully saturated rings. The van der Waals surface area contributed by atoms with Gasteiger partial charge in [-0.15, -0.1) is 16.4 Å². The summed E-state index contributed by atoms with van der Waals surface area (Å²) >= 11 is 1.66.